The van der Waals surface area contributed by atoms with Crippen molar-refractivity contribution in [2.45, 2.75) is 64.6 Å². The van der Waals surface area contributed by atoms with Gasteiger partial charge in [0.15, 0.2) is 8.32 Å². The summed E-state index contributed by atoms with van der Waals surface area (Å²) in [5.41, 5.74) is 0. The molecule has 7 nitrogen and oxygen atoms in total. The predicted octanol–water partition coefficient (Wildman–Crippen LogP) is 4.91. The fourth-order valence-corrected chi connectivity index (χ4v) is 3.64. The molecule has 0 spiro atoms. The molecule has 0 aliphatic rings. The van der Waals surface area contributed by atoms with Crippen molar-refractivity contribution in [1.82, 2.24) is 0 Å². The van der Waals surface area contributed by atoms with E-state index in [1.807, 2.05) is 0 Å². The summed E-state index contributed by atoms with van der Waals surface area (Å²) in [5.74, 6) is 0.752. The summed E-state index contributed by atoms with van der Waals surface area (Å²) in [4.78, 5) is 0. The van der Waals surface area contributed by atoms with Crippen LogP contribution in [0.4, 0.5) is 0 Å². The summed E-state index contributed by atoms with van der Waals surface area (Å²) >= 11 is 5.64. The molecular weight excluding hydrogens is 464 g/mol. The van der Waals surface area contributed by atoms with Gasteiger partial charge in [-0.2, -0.15) is 0 Å². The molecular formula is C24H51ClO7Si. The maximum Gasteiger partial charge on any atom is 0.192 e. The molecule has 0 aliphatic carbocycles. The Bertz CT molecular complexity index is 409. The average molecular weight is 515 g/mol. The van der Waals surface area contributed by atoms with Gasteiger partial charge >= 0.3 is 0 Å². The highest BCUT2D eigenvalue weighted by Crippen LogP contribution is 2.36. The van der Waals surface area contributed by atoms with E-state index in [9.17, 15) is 0 Å². The number of ether oxygens (including phenoxy) is 6. The van der Waals surface area contributed by atoms with Gasteiger partial charge in [-0.25, -0.2) is 0 Å². The number of rotatable bonds is 25. The molecule has 0 amide bonds. The second-order valence-corrected chi connectivity index (χ2v) is 14.6. The van der Waals surface area contributed by atoms with Crippen molar-refractivity contribution >= 4 is 19.9 Å². The summed E-state index contributed by atoms with van der Waals surface area (Å²) < 4.78 is 39.1. The van der Waals surface area contributed by atoms with Crippen LogP contribution in [0, 0.1) is 0 Å². The third-order valence-electron chi connectivity index (χ3n) is 5.53. The van der Waals surface area contributed by atoms with E-state index < -0.39 is 8.32 Å². The first-order valence-corrected chi connectivity index (χ1v) is 15.9. The van der Waals surface area contributed by atoms with Crippen LogP contribution in [-0.2, 0) is 32.8 Å². The lowest BCUT2D eigenvalue weighted by Crippen LogP contribution is -2.41. The Morgan fingerprint density at radius 3 is 1.18 bits per heavy atom. The van der Waals surface area contributed by atoms with Gasteiger partial charge in [0.1, 0.15) is 0 Å². The highest BCUT2D eigenvalue weighted by atomic mass is 35.5. The lowest BCUT2D eigenvalue weighted by molar-refractivity contribution is -0.0180. The van der Waals surface area contributed by atoms with Gasteiger partial charge < -0.3 is 32.8 Å². The van der Waals surface area contributed by atoms with E-state index >= 15 is 0 Å². The van der Waals surface area contributed by atoms with Crippen LogP contribution >= 0.6 is 11.6 Å². The van der Waals surface area contributed by atoms with E-state index in [1.165, 1.54) is 12.8 Å². The lowest BCUT2D eigenvalue weighted by atomic mass is 10.2. The van der Waals surface area contributed by atoms with Gasteiger partial charge in [-0.15, -0.1) is 11.6 Å². The van der Waals surface area contributed by atoms with Gasteiger partial charge in [-0.3, -0.25) is 0 Å². The van der Waals surface area contributed by atoms with Crippen molar-refractivity contribution in [1.29, 1.82) is 0 Å². The van der Waals surface area contributed by atoms with E-state index in [4.69, 9.17) is 44.4 Å². The van der Waals surface area contributed by atoms with Crippen molar-refractivity contribution < 1.29 is 32.8 Å². The lowest BCUT2D eigenvalue weighted by Gasteiger charge is -2.36. The third-order valence-corrected chi connectivity index (χ3v) is 10.3. The number of alkyl halides is 1. The standard InChI is InChI=1S/C24H51ClO7Si/c1-24(2,3)33(4,5)32-23-22-31-21-20-30-19-18-29-17-16-28-15-14-27-13-12-26-11-9-7-6-8-10-25/h6-23H2,1-5H3. The summed E-state index contributed by atoms with van der Waals surface area (Å²) in [6.45, 7) is 19.0. The number of halogens is 1. The molecule has 9 heteroatoms. The number of hydrogen-bond donors (Lipinski definition) is 0. The minimum atomic E-state index is -1.68. The smallest absolute Gasteiger partial charge is 0.192 e. The Hall–Kier alpha value is 0.227. The van der Waals surface area contributed by atoms with E-state index in [2.05, 4.69) is 33.9 Å². The van der Waals surface area contributed by atoms with E-state index in [0.29, 0.717) is 79.3 Å². The monoisotopic (exact) mass is 514 g/mol. The molecule has 0 aromatic rings. The Balaban J connectivity index is 3.15. The molecule has 0 aliphatic heterocycles. The molecule has 0 fully saturated rings. The molecule has 33 heavy (non-hydrogen) atoms. The second-order valence-electron chi connectivity index (χ2n) is 9.39. The van der Waals surface area contributed by atoms with Gasteiger partial charge in [0.25, 0.3) is 0 Å². The zero-order valence-corrected chi connectivity index (χ0v) is 23.7. The fraction of sp³-hybridized carbons (Fsp3) is 1.00. The van der Waals surface area contributed by atoms with Gasteiger partial charge in [0.05, 0.1) is 79.3 Å². The average Bonchev–Trinajstić information content (AvgIpc) is 2.76. The van der Waals surface area contributed by atoms with Gasteiger partial charge in [0, 0.05) is 12.5 Å². The Morgan fingerprint density at radius 1 is 0.485 bits per heavy atom. The first kappa shape index (κ1) is 33.2. The summed E-state index contributed by atoms with van der Waals surface area (Å²) in [6.07, 6.45) is 4.54. The molecule has 0 saturated heterocycles. The highest BCUT2D eigenvalue weighted by molar-refractivity contribution is 6.74. The molecule has 0 unspecified atom stereocenters. The Morgan fingerprint density at radius 2 is 0.818 bits per heavy atom. The van der Waals surface area contributed by atoms with Crippen molar-refractivity contribution in [2.24, 2.45) is 0 Å². The van der Waals surface area contributed by atoms with Gasteiger partial charge in [-0.1, -0.05) is 33.6 Å². The Kier molecular flexibility index (Phi) is 22.8. The van der Waals surface area contributed by atoms with Crippen molar-refractivity contribution in [3.63, 3.8) is 0 Å². The van der Waals surface area contributed by atoms with Crippen LogP contribution in [0.25, 0.3) is 0 Å². The number of unbranched alkanes of at least 4 members (excludes halogenated alkanes) is 3. The molecule has 0 heterocycles. The number of hydrogen-bond acceptors (Lipinski definition) is 7. The molecule has 0 atom stereocenters. The molecule has 0 aromatic heterocycles. The van der Waals surface area contributed by atoms with Crippen LogP contribution in [0.2, 0.25) is 18.1 Å². The van der Waals surface area contributed by atoms with Crippen LogP contribution in [0.1, 0.15) is 46.5 Å². The largest absolute Gasteiger partial charge is 0.414 e. The zero-order chi connectivity index (χ0) is 24.7. The molecule has 0 saturated carbocycles. The summed E-state index contributed by atoms with van der Waals surface area (Å²) in [5, 5.41) is 0.230. The topological polar surface area (TPSA) is 64.6 Å². The first-order valence-electron chi connectivity index (χ1n) is 12.5. The first-order chi connectivity index (χ1) is 15.8. The van der Waals surface area contributed by atoms with Crippen LogP contribution in [-0.4, -0.2) is 100 Å². The maximum atomic E-state index is 6.07. The molecule has 0 N–H and O–H groups in total. The zero-order valence-electron chi connectivity index (χ0n) is 22.0. The normalized spacial score (nSPS) is 12.5. The molecule has 0 bridgehead atoms. The van der Waals surface area contributed by atoms with E-state index in [1.54, 1.807) is 0 Å². The minimum absolute atomic E-state index is 0.230. The highest BCUT2D eigenvalue weighted by Gasteiger charge is 2.36. The maximum absolute atomic E-state index is 6.07. The van der Waals surface area contributed by atoms with Crippen LogP contribution < -0.4 is 0 Å². The predicted molar refractivity (Wildman–Crippen MR) is 137 cm³/mol. The van der Waals surface area contributed by atoms with Crippen molar-refractivity contribution in [3.05, 3.63) is 0 Å². The molecule has 200 valence electrons. The Labute approximate surface area is 209 Å². The molecule has 0 rings (SSSR count). The summed E-state index contributed by atoms with van der Waals surface area (Å²) in [7, 11) is -1.68. The van der Waals surface area contributed by atoms with Crippen molar-refractivity contribution in [3.8, 4) is 0 Å². The van der Waals surface area contributed by atoms with Gasteiger partial charge in [0.2, 0.25) is 0 Å². The quantitative estimate of drug-likeness (QED) is 0.0974. The van der Waals surface area contributed by atoms with E-state index in [0.717, 1.165) is 25.3 Å². The van der Waals surface area contributed by atoms with Gasteiger partial charge in [-0.05, 0) is 31.0 Å². The van der Waals surface area contributed by atoms with Crippen LogP contribution in [0.15, 0.2) is 0 Å². The fourth-order valence-electron chi connectivity index (χ4n) is 2.43. The minimum Gasteiger partial charge on any atom is -0.414 e. The van der Waals surface area contributed by atoms with Crippen LogP contribution in [0.3, 0.4) is 0 Å². The third kappa shape index (κ3) is 22.4. The SMILES string of the molecule is CC(C)(C)[Si](C)(C)OCCOCCOCCOCCOCCOCCOCCCCCCCl. The molecule has 0 aromatic carbocycles. The summed E-state index contributed by atoms with van der Waals surface area (Å²) in [6, 6.07) is 0. The van der Waals surface area contributed by atoms with Crippen LogP contribution in [0.5, 0.6) is 0 Å². The molecule has 0 radical (unpaired) electrons. The van der Waals surface area contributed by atoms with Crippen molar-refractivity contribution in [2.75, 3.05) is 91.8 Å². The van der Waals surface area contributed by atoms with E-state index in [-0.39, 0.29) is 5.04 Å². The second kappa shape index (κ2) is 22.7.